The second-order valence-electron chi connectivity index (χ2n) is 5.53. The molecule has 2 rings (SSSR count). The molecule has 0 aromatic heterocycles. The molecule has 0 heterocycles. The molecule has 0 aliphatic heterocycles. The van der Waals surface area contributed by atoms with Gasteiger partial charge in [-0.25, -0.2) is 0 Å². The number of hydrogen-bond donors (Lipinski definition) is 2. The summed E-state index contributed by atoms with van der Waals surface area (Å²) in [5.74, 6) is -0.160. The molecule has 0 radical (unpaired) electrons. The number of aryl methyl sites for hydroxylation is 1. The highest BCUT2D eigenvalue weighted by atomic mass is 127. The standard InChI is InChI=1S/C17H21IN2OS/c1-12-7-8-14(11-15(12)18)16(21)20-17(22)19-10-9-13-5-3-2-4-6-13/h5,7-8,11H,2-4,6,9-10H2,1H3,(H2,19,20,21,22). The highest BCUT2D eigenvalue weighted by molar-refractivity contribution is 14.1. The van der Waals surface area contributed by atoms with Crippen molar-refractivity contribution in [3.63, 3.8) is 0 Å². The van der Waals surface area contributed by atoms with Gasteiger partial charge in [0.2, 0.25) is 0 Å². The van der Waals surface area contributed by atoms with E-state index in [1.165, 1.54) is 36.8 Å². The number of carbonyl (C=O) groups is 1. The maximum absolute atomic E-state index is 12.1. The van der Waals surface area contributed by atoms with Crippen LogP contribution in [0.1, 0.15) is 48.0 Å². The zero-order valence-electron chi connectivity index (χ0n) is 12.7. The van der Waals surface area contributed by atoms with E-state index in [1.54, 1.807) is 0 Å². The number of benzene rings is 1. The van der Waals surface area contributed by atoms with Gasteiger partial charge in [0.25, 0.3) is 5.91 Å². The Balaban J connectivity index is 1.77. The van der Waals surface area contributed by atoms with Crippen molar-refractivity contribution < 1.29 is 4.79 Å². The largest absolute Gasteiger partial charge is 0.362 e. The molecule has 3 nitrogen and oxygen atoms in total. The van der Waals surface area contributed by atoms with Crippen LogP contribution in [0.3, 0.4) is 0 Å². The van der Waals surface area contributed by atoms with Crippen LogP contribution in [0.2, 0.25) is 0 Å². The molecule has 0 saturated carbocycles. The van der Waals surface area contributed by atoms with Crippen LogP contribution in [0, 0.1) is 10.5 Å². The zero-order valence-corrected chi connectivity index (χ0v) is 15.7. The van der Waals surface area contributed by atoms with E-state index in [2.05, 4.69) is 39.3 Å². The molecule has 1 aromatic carbocycles. The summed E-state index contributed by atoms with van der Waals surface area (Å²) in [5, 5.41) is 6.25. The first-order chi connectivity index (χ1) is 10.6. The molecule has 0 spiro atoms. The fourth-order valence-corrected chi connectivity index (χ4v) is 3.13. The van der Waals surface area contributed by atoms with Crippen molar-refractivity contribution in [2.75, 3.05) is 6.54 Å². The van der Waals surface area contributed by atoms with E-state index in [-0.39, 0.29) is 5.91 Å². The van der Waals surface area contributed by atoms with Crippen molar-refractivity contribution in [3.05, 3.63) is 44.5 Å². The van der Waals surface area contributed by atoms with Crippen LogP contribution in [0.15, 0.2) is 29.8 Å². The normalized spacial score (nSPS) is 14.2. The number of hydrogen-bond acceptors (Lipinski definition) is 2. The maximum Gasteiger partial charge on any atom is 0.257 e. The predicted octanol–water partition coefficient (Wildman–Crippen LogP) is 4.09. The van der Waals surface area contributed by atoms with Gasteiger partial charge in [-0.05, 0) is 91.5 Å². The maximum atomic E-state index is 12.1. The molecule has 1 amide bonds. The summed E-state index contributed by atoms with van der Waals surface area (Å²) in [7, 11) is 0. The summed E-state index contributed by atoms with van der Waals surface area (Å²) in [4.78, 5) is 12.1. The van der Waals surface area contributed by atoms with Crippen LogP contribution in [-0.2, 0) is 0 Å². The molecule has 0 bridgehead atoms. The topological polar surface area (TPSA) is 41.1 Å². The minimum absolute atomic E-state index is 0.160. The molecule has 5 heteroatoms. The lowest BCUT2D eigenvalue weighted by Crippen LogP contribution is -2.39. The van der Waals surface area contributed by atoms with E-state index in [0.29, 0.717) is 10.7 Å². The number of nitrogens with one attached hydrogen (secondary N) is 2. The van der Waals surface area contributed by atoms with Gasteiger partial charge in [-0.3, -0.25) is 10.1 Å². The third kappa shape index (κ3) is 5.35. The van der Waals surface area contributed by atoms with Crippen LogP contribution in [0.25, 0.3) is 0 Å². The van der Waals surface area contributed by atoms with Gasteiger partial charge in [0, 0.05) is 15.7 Å². The van der Waals surface area contributed by atoms with Gasteiger partial charge in [-0.15, -0.1) is 0 Å². The molecule has 0 unspecified atom stereocenters. The first kappa shape index (κ1) is 17.4. The van der Waals surface area contributed by atoms with Crippen molar-refractivity contribution in [2.45, 2.75) is 39.0 Å². The zero-order chi connectivity index (χ0) is 15.9. The number of rotatable bonds is 4. The first-order valence-electron chi connectivity index (χ1n) is 7.59. The van der Waals surface area contributed by atoms with Gasteiger partial charge in [0.1, 0.15) is 0 Å². The summed E-state index contributed by atoms with van der Waals surface area (Å²) >= 11 is 7.42. The second-order valence-corrected chi connectivity index (χ2v) is 7.10. The van der Waals surface area contributed by atoms with Crippen molar-refractivity contribution in [1.82, 2.24) is 10.6 Å². The van der Waals surface area contributed by atoms with E-state index in [1.807, 2.05) is 25.1 Å². The Bertz CT molecular complexity index is 598. The fraction of sp³-hybridized carbons (Fsp3) is 0.412. The van der Waals surface area contributed by atoms with Crippen LogP contribution < -0.4 is 10.6 Å². The van der Waals surface area contributed by atoms with Crippen LogP contribution in [0.4, 0.5) is 0 Å². The summed E-state index contributed by atoms with van der Waals surface area (Å²) in [5.41, 5.74) is 3.30. The van der Waals surface area contributed by atoms with Gasteiger partial charge in [0.05, 0.1) is 0 Å². The van der Waals surface area contributed by atoms with E-state index in [9.17, 15) is 4.79 Å². The fourth-order valence-electron chi connectivity index (χ4n) is 2.42. The van der Waals surface area contributed by atoms with Gasteiger partial charge in [-0.1, -0.05) is 17.7 Å². The smallest absolute Gasteiger partial charge is 0.257 e. The second kappa shape index (κ2) is 8.62. The molecular weight excluding hydrogens is 407 g/mol. The molecule has 0 atom stereocenters. The first-order valence-corrected chi connectivity index (χ1v) is 9.08. The van der Waals surface area contributed by atoms with Gasteiger partial charge in [-0.2, -0.15) is 0 Å². The Kier molecular flexibility index (Phi) is 6.82. The van der Waals surface area contributed by atoms with Crippen LogP contribution >= 0.6 is 34.8 Å². The molecule has 0 fully saturated rings. The molecule has 118 valence electrons. The Morgan fingerprint density at radius 1 is 1.36 bits per heavy atom. The van der Waals surface area contributed by atoms with Gasteiger partial charge < -0.3 is 5.32 Å². The predicted molar refractivity (Wildman–Crippen MR) is 103 cm³/mol. The number of halogens is 1. The quantitative estimate of drug-likeness (QED) is 0.431. The van der Waals surface area contributed by atoms with Crippen molar-refractivity contribution in [1.29, 1.82) is 0 Å². The minimum atomic E-state index is -0.160. The van der Waals surface area contributed by atoms with Crippen molar-refractivity contribution in [3.8, 4) is 0 Å². The minimum Gasteiger partial charge on any atom is -0.362 e. The monoisotopic (exact) mass is 428 g/mol. The third-order valence-electron chi connectivity index (χ3n) is 3.78. The molecular formula is C17H21IN2OS. The average molecular weight is 428 g/mol. The molecule has 1 aliphatic carbocycles. The van der Waals surface area contributed by atoms with E-state index in [4.69, 9.17) is 12.2 Å². The Hall–Kier alpha value is -0.950. The Labute approximate surface area is 151 Å². The summed E-state index contributed by atoms with van der Waals surface area (Å²) in [6, 6.07) is 5.64. The Morgan fingerprint density at radius 3 is 2.86 bits per heavy atom. The molecule has 0 saturated heterocycles. The third-order valence-corrected chi connectivity index (χ3v) is 5.19. The lowest BCUT2D eigenvalue weighted by molar-refractivity contribution is 0.0976. The van der Waals surface area contributed by atoms with Gasteiger partial charge in [0.15, 0.2) is 5.11 Å². The van der Waals surface area contributed by atoms with E-state index >= 15 is 0 Å². The highest BCUT2D eigenvalue weighted by Gasteiger charge is 2.09. The Morgan fingerprint density at radius 2 is 2.18 bits per heavy atom. The summed E-state index contributed by atoms with van der Waals surface area (Å²) in [6.07, 6.45) is 8.32. The van der Waals surface area contributed by atoms with Crippen LogP contribution in [0.5, 0.6) is 0 Å². The molecule has 22 heavy (non-hydrogen) atoms. The summed E-state index contributed by atoms with van der Waals surface area (Å²) in [6.45, 7) is 2.80. The molecule has 2 N–H and O–H groups in total. The highest BCUT2D eigenvalue weighted by Crippen LogP contribution is 2.19. The number of amides is 1. The summed E-state index contributed by atoms with van der Waals surface area (Å²) < 4.78 is 1.08. The molecule has 1 aromatic rings. The van der Waals surface area contributed by atoms with E-state index in [0.717, 1.165) is 16.5 Å². The van der Waals surface area contributed by atoms with Gasteiger partial charge >= 0.3 is 0 Å². The molecule has 1 aliphatic rings. The SMILES string of the molecule is Cc1ccc(C(=O)NC(=S)NCCC2=CCCCC2)cc1I. The number of thiocarbonyl (C=S) groups is 1. The average Bonchev–Trinajstić information content (AvgIpc) is 2.51. The van der Waals surface area contributed by atoms with Crippen molar-refractivity contribution >= 4 is 45.8 Å². The van der Waals surface area contributed by atoms with Crippen molar-refractivity contribution in [2.24, 2.45) is 0 Å². The lowest BCUT2D eigenvalue weighted by Gasteiger charge is -2.14. The number of carbonyl (C=O) groups excluding carboxylic acids is 1. The van der Waals surface area contributed by atoms with E-state index < -0.39 is 0 Å². The van der Waals surface area contributed by atoms with Crippen LogP contribution in [-0.4, -0.2) is 17.6 Å². The number of allylic oxidation sites excluding steroid dienone is 1. The lowest BCUT2D eigenvalue weighted by atomic mass is 9.97.